The smallest absolute Gasteiger partial charge is 0.125 e. The van der Waals surface area contributed by atoms with E-state index in [1.807, 2.05) is 31.2 Å². The molecule has 1 aliphatic rings. The Balaban J connectivity index is 2.37. The van der Waals surface area contributed by atoms with Gasteiger partial charge in [0.1, 0.15) is 5.75 Å². The Morgan fingerprint density at radius 1 is 1.26 bits per heavy atom. The minimum absolute atomic E-state index is 0.0617. The zero-order valence-electron chi connectivity index (χ0n) is 11.4. The number of rotatable bonds is 1. The van der Waals surface area contributed by atoms with Gasteiger partial charge in [-0.1, -0.05) is 24.3 Å². The molecule has 0 amide bonds. The summed E-state index contributed by atoms with van der Waals surface area (Å²) in [4.78, 5) is 2.21. The number of hydrogen-bond donors (Lipinski definition) is 1. The number of phenolic OH excluding ortho intramolecular Hbond substituents is 1. The Kier molecular flexibility index (Phi) is 2.86. The van der Waals surface area contributed by atoms with Crippen molar-refractivity contribution in [2.75, 3.05) is 11.9 Å². The molecule has 1 heterocycles. The number of alkyl halides is 1. The minimum Gasteiger partial charge on any atom is -0.507 e. The quantitative estimate of drug-likeness (QED) is 0.792. The first-order valence-corrected chi connectivity index (χ1v) is 7.07. The molecule has 0 spiro atoms. The highest BCUT2D eigenvalue weighted by Gasteiger charge is 2.38. The van der Waals surface area contributed by atoms with E-state index in [-0.39, 0.29) is 11.3 Å². The summed E-state index contributed by atoms with van der Waals surface area (Å²) in [5, 5.41) is 12.3. The number of anilines is 1. The molecule has 2 aromatic rings. The molecular weight excluding hydrogens is 258 g/mol. The molecule has 1 aliphatic heterocycles. The maximum atomic E-state index is 10.2. The lowest BCUT2D eigenvalue weighted by Gasteiger charge is -2.24. The number of hydrogen-bond acceptors (Lipinski definition) is 2. The second-order valence-electron chi connectivity index (χ2n) is 5.43. The van der Waals surface area contributed by atoms with Gasteiger partial charge in [-0.25, -0.2) is 0 Å². The molecule has 3 rings (SSSR count). The first-order chi connectivity index (χ1) is 9.02. The summed E-state index contributed by atoms with van der Waals surface area (Å²) < 4.78 is 0. The van der Waals surface area contributed by atoms with Crippen molar-refractivity contribution in [3.8, 4) is 5.75 Å². The lowest BCUT2D eigenvalue weighted by Crippen LogP contribution is -2.30. The van der Waals surface area contributed by atoms with Crippen LogP contribution in [0.2, 0.25) is 0 Å². The van der Waals surface area contributed by atoms with E-state index in [2.05, 4.69) is 24.9 Å². The van der Waals surface area contributed by atoms with Crippen molar-refractivity contribution >= 4 is 28.1 Å². The van der Waals surface area contributed by atoms with Gasteiger partial charge < -0.3 is 10.0 Å². The summed E-state index contributed by atoms with van der Waals surface area (Å²) in [7, 11) is 2.07. The fourth-order valence-electron chi connectivity index (χ4n) is 3.32. The molecule has 100 valence electrons. The zero-order chi connectivity index (χ0) is 13.7. The normalized spacial score (nSPS) is 23.7. The third-order valence-electron chi connectivity index (χ3n) is 4.38. The number of likely N-dealkylation sites (N-methyl/N-ethyl adjacent to an activating group) is 1. The maximum absolute atomic E-state index is 10.2. The van der Waals surface area contributed by atoms with Crippen LogP contribution in [0.4, 0.5) is 5.69 Å². The van der Waals surface area contributed by atoms with Crippen LogP contribution in [0.3, 0.4) is 0 Å². The molecule has 2 unspecified atom stereocenters. The third kappa shape index (κ3) is 1.70. The van der Waals surface area contributed by atoms with E-state index in [0.717, 1.165) is 16.5 Å². The summed E-state index contributed by atoms with van der Waals surface area (Å²) in [6, 6.07) is 10.2. The minimum atomic E-state index is 0.0617. The fourth-order valence-corrected chi connectivity index (χ4v) is 3.66. The van der Waals surface area contributed by atoms with Gasteiger partial charge in [-0.2, -0.15) is 0 Å². The number of aromatic hydroxyl groups is 1. The van der Waals surface area contributed by atoms with Crippen molar-refractivity contribution in [2.45, 2.75) is 31.2 Å². The number of halogens is 1. The van der Waals surface area contributed by atoms with Gasteiger partial charge in [-0.05, 0) is 24.8 Å². The van der Waals surface area contributed by atoms with Gasteiger partial charge in [0.25, 0.3) is 0 Å². The van der Waals surface area contributed by atoms with Crippen LogP contribution in [0.15, 0.2) is 30.3 Å². The van der Waals surface area contributed by atoms with Gasteiger partial charge in [0, 0.05) is 41.5 Å². The molecule has 0 saturated heterocycles. The van der Waals surface area contributed by atoms with Gasteiger partial charge >= 0.3 is 0 Å². The summed E-state index contributed by atoms with van der Waals surface area (Å²) in [5.41, 5.74) is 2.37. The van der Waals surface area contributed by atoms with Crippen molar-refractivity contribution in [2.24, 2.45) is 0 Å². The van der Waals surface area contributed by atoms with Gasteiger partial charge in [0.2, 0.25) is 0 Å². The molecule has 2 aromatic carbocycles. The summed E-state index contributed by atoms with van der Waals surface area (Å²) >= 11 is 6.42. The third-order valence-corrected chi connectivity index (χ3v) is 4.65. The largest absolute Gasteiger partial charge is 0.507 e. The molecule has 1 N–H and O–H groups in total. The van der Waals surface area contributed by atoms with Gasteiger partial charge in [0.15, 0.2) is 0 Å². The number of phenols is 1. The lowest BCUT2D eigenvalue weighted by molar-refractivity contribution is 0.481. The molecule has 0 aromatic heterocycles. The van der Waals surface area contributed by atoms with E-state index in [1.54, 1.807) is 0 Å². The van der Waals surface area contributed by atoms with Crippen molar-refractivity contribution in [1.29, 1.82) is 0 Å². The molecule has 3 heteroatoms. The van der Waals surface area contributed by atoms with Crippen molar-refractivity contribution in [3.63, 3.8) is 0 Å². The van der Waals surface area contributed by atoms with E-state index < -0.39 is 0 Å². The van der Waals surface area contributed by atoms with Crippen LogP contribution in [0.25, 0.3) is 10.8 Å². The molecule has 2 nitrogen and oxygen atoms in total. The van der Waals surface area contributed by atoms with E-state index in [0.29, 0.717) is 11.8 Å². The summed E-state index contributed by atoms with van der Waals surface area (Å²) in [5.74, 6) is 0.628. The predicted octanol–water partition coefficient (Wildman–Crippen LogP) is 4.09. The number of nitrogens with zero attached hydrogens (tertiary/aromatic N) is 1. The van der Waals surface area contributed by atoms with Crippen LogP contribution in [0.1, 0.15) is 25.3 Å². The molecule has 3 atom stereocenters. The Morgan fingerprint density at radius 3 is 2.53 bits per heavy atom. The fraction of sp³-hybridized carbons (Fsp3) is 0.375. The van der Waals surface area contributed by atoms with Crippen LogP contribution in [0, 0.1) is 0 Å². The molecule has 0 bridgehead atoms. The van der Waals surface area contributed by atoms with Gasteiger partial charge in [0.05, 0.1) is 0 Å². The Morgan fingerprint density at radius 2 is 1.89 bits per heavy atom. The topological polar surface area (TPSA) is 23.5 Å². The lowest BCUT2D eigenvalue weighted by atomic mass is 9.89. The Bertz CT molecular complexity index is 638. The highest BCUT2D eigenvalue weighted by atomic mass is 35.5. The Labute approximate surface area is 118 Å². The number of fused-ring (bicyclic) bond motifs is 3. The second kappa shape index (κ2) is 4.31. The van der Waals surface area contributed by atoms with Crippen LogP contribution < -0.4 is 4.90 Å². The van der Waals surface area contributed by atoms with E-state index in [1.165, 1.54) is 5.56 Å². The summed E-state index contributed by atoms with van der Waals surface area (Å²) in [6.07, 6.45) is 0. The van der Waals surface area contributed by atoms with Crippen LogP contribution in [-0.4, -0.2) is 23.6 Å². The molecule has 0 aliphatic carbocycles. The first-order valence-electron chi connectivity index (χ1n) is 6.64. The van der Waals surface area contributed by atoms with Gasteiger partial charge in [-0.15, -0.1) is 11.6 Å². The van der Waals surface area contributed by atoms with Crippen molar-refractivity contribution in [3.05, 3.63) is 35.9 Å². The number of benzene rings is 2. The van der Waals surface area contributed by atoms with Crippen molar-refractivity contribution in [1.82, 2.24) is 0 Å². The SMILES string of the molecule is CC(Cl)C1c2c(cc(O)c3ccccc23)N(C)[C@H]1C. The average molecular weight is 276 g/mol. The zero-order valence-corrected chi connectivity index (χ0v) is 12.1. The van der Waals surface area contributed by atoms with Crippen LogP contribution in [-0.2, 0) is 0 Å². The standard InChI is InChI=1S/C16H18ClNO/c1-9(17)15-10(2)18(3)13-8-14(19)11-6-4-5-7-12(11)16(13)15/h4-10,15,19H,1-3H3/t9?,10-,15?/m0/s1. The molecule has 19 heavy (non-hydrogen) atoms. The highest BCUT2D eigenvalue weighted by molar-refractivity contribution is 6.21. The monoisotopic (exact) mass is 275 g/mol. The molecule has 0 radical (unpaired) electrons. The van der Waals surface area contributed by atoms with Crippen LogP contribution >= 0.6 is 11.6 Å². The summed E-state index contributed by atoms with van der Waals surface area (Å²) in [6.45, 7) is 4.24. The van der Waals surface area contributed by atoms with E-state index >= 15 is 0 Å². The van der Waals surface area contributed by atoms with Gasteiger partial charge in [-0.3, -0.25) is 0 Å². The van der Waals surface area contributed by atoms with E-state index in [9.17, 15) is 5.11 Å². The molecular formula is C16H18ClNO. The predicted molar refractivity (Wildman–Crippen MR) is 81.5 cm³/mol. The maximum Gasteiger partial charge on any atom is 0.125 e. The molecule has 0 saturated carbocycles. The Hall–Kier alpha value is -1.41. The van der Waals surface area contributed by atoms with E-state index in [4.69, 9.17) is 11.6 Å². The first kappa shape index (κ1) is 12.6. The second-order valence-corrected chi connectivity index (χ2v) is 6.12. The molecule has 0 fully saturated rings. The van der Waals surface area contributed by atoms with Crippen molar-refractivity contribution < 1.29 is 5.11 Å². The highest BCUT2D eigenvalue weighted by Crippen LogP contribution is 2.49. The average Bonchev–Trinajstić information content (AvgIpc) is 2.64. The van der Waals surface area contributed by atoms with Crippen LogP contribution in [0.5, 0.6) is 5.75 Å².